The lowest BCUT2D eigenvalue weighted by atomic mass is 9.79. The van der Waals surface area contributed by atoms with Gasteiger partial charge in [0.1, 0.15) is 0 Å². The molecule has 0 radical (unpaired) electrons. The first-order valence-electron chi connectivity index (χ1n) is 9.27. The summed E-state index contributed by atoms with van der Waals surface area (Å²) in [6, 6.07) is 0.700. The lowest BCUT2D eigenvalue weighted by Gasteiger charge is -2.44. The van der Waals surface area contributed by atoms with Crippen molar-refractivity contribution in [2.45, 2.75) is 89.2 Å². The van der Waals surface area contributed by atoms with Crippen LogP contribution in [0.3, 0.4) is 0 Å². The summed E-state index contributed by atoms with van der Waals surface area (Å²) in [5, 5.41) is 3.75. The Labute approximate surface area is 135 Å². The zero-order valence-electron chi connectivity index (χ0n) is 14.7. The Balaban J connectivity index is 1.34. The molecule has 0 aromatic carbocycles. The van der Waals surface area contributed by atoms with Crippen molar-refractivity contribution in [2.24, 2.45) is 0 Å². The Morgan fingerprint density at radius 3 is 2.36 bits per heavy atom. The molecule has 128 valence electrons. The van der Waals surface area contributed by atoms with Crippen LogP contribution in [-0.4, -0.2) is 54.6 Å². The fourth-order valence-corrected chi connectivity index (χ4v) is 4.37. The molecule has 0 amide bonds. The molecule has 4 heteroatoms. The van der Waals surface area contributed by atoms with E-state index in [1.165, 1.54) is 51.6 Å². The molecular formula is C18H34N2O2. The lowest BCUT2D eigenvalue weighted by Crippen LogP contribution is -2.50. The molecule has 2 saturated heterocycles. The van der Waals surface area contributed by atoms with Crippen LogP contribution in [0.5, 0.6) is 0 Å². The van der Waals surface area contributed by atoms with Gasteiger partial charge in [0.15, 0.2) is 5.79 Å². The minimum Gasteiger partial charge on any atom is -0.348 e. The van der Waals surface area contributed by atoms with E-state index in [-0.39, 0.29) is 11.9 Å². The smallest absolute Gasteiger partial charge is 0.163 e. The van der Waals surface area contributed by atoms with Crippen LogP contribution in [0.1, 0.15) is 65.7 Å². The zero-order chi connectivity index (χ0) is 15.6. The second-order valence-corrected chi connectivity index (χ2v) is 8.16. The number of hydrogen-bond acceptors (Lipinski definition) is 4. The average Bonchev–Trinajstić information content (AvgIpc) is 3.11. The fourth-order valence-electron chi connectivity index (χ4n) is 4.37. The molecule has 0 spiro atoms. The van der Waals surface area contributed by atoms with Gasteiger partial charge in [-0.05, 0) is 85.4 Å². The number of rotatable bonds is 5. The van der Waals surface area contributed by atoms with Crippen LogP contribution in [-0.2, 0) is 9.47 Å². The van der Waals surface area contributed by atoms with Crippen molar-refractivity contribution in [3.05, 3.63) is 0 Å². The van der Waals surface area contributed by atoms with Crippen molar-refractivity contribution in [1.82, 2.24) is 10.2 Å². The van der Waals surface area contributed by atoms with Crippen molar-refractivity contribution in [3.8, 4) is 0 Å². The summed E-state index contributed by atoms with van der Waals surface area (Å²) in [6.07, 6.45) is 9.46. The maximum absolute atomic E-state index is 5.87. The number of likely N-dealkylation sites (tertiary alicyclic amines) is 1. The molecule has 3 fully saturated rings. The van der Waals surface area contributed by atoms with Gasteiger partial charge in [-0.3, -0.25) is 4.90 Å². The van der Waals surface area contributed by atoms with Gasteiger partial charge in [0.25, 0.3) is 0 Å². The Kier molecular flexibility index (Phi) is 5.13. The minimum absolute atomic E-state index is 0.265. The predicted octanol–water partition coefficient (Wildman–Crippen LogP) is 2.91. The van der Waals surface area contributed by atoms with E-state index < -0.39 is 0 Å². The predicted molar refractivity (Wildman–Crippen MR) is 89.0 cm³/mol. The zero-order valence-corrected chi connectivity index (χ0v) is 14.7. The first-order valence-corrected chi connectivity index (χ1v) is 9.27. The maximum atomic E-state index is 5.87. The number of nitrogens with zero attached hydrogens (tertiary/aromatic N) is 1. The molecule has 0 aromatic rings. The minimum atomic E-state index is -0.382. The van der Waals surface area contributed by atoms with Gasteiger partial charge in [0, 0.05) is 11.6 Å². The van der Waals surface area contributed by atoms with Crippen LogP contribution in [0.25, 0.3) is 0 Å². The van der Waals surface area contributed by atoms with Gasteiger partial charge in [0.05, 0.1) is 12.7 Å². The standard InChI is InChI=1S/C18H34N2O2/c1-17(2)21-14-16(22-17)8-11-19-15-6-9-18(3,10-7-15)20-12-4-5-13-20/h15-16,19H,4-14H2,1-3H3. The van der Waals surface area contributed by atoms with Crippen molar-refractivity contribution < 1.29 is 9.47 Å². The second kappa shape index (κ2) is 6.76. The van der Waals surface area contributed by atoms with Crippen LogP contribution in [0.2, 0.25) is 0 Å². The normalized spacial score (nSPS) is 39.4. The number of ether oxygens (including phenoxy) is 2. The highest BCUT2D eigenvalue weighted by Gasteiger charge is 2.37. The molecular weight excluding hydrogens is 276 g/mol. The highest BCUT2D eigenvalue weighted by molar-refractivity contribution is 4.94. The van der Waals surface area contributed by atoms with Gasteiger partial charge in [0.2, 0.25) is 0 Å². The molecule has 3 rings (SSSR count). The lowest BCUT2D eigenvalue weighted by molar-refractivity contribution is -0.138. The molecule has 1 N–H and O–H groups in total. The van der Waals surface area contributed by atoms with Crippen LogP contribution < -0.4 is 5.32 Å². The summed E-state index contributed by atoms with van der Waals surface area (Å²) in [5.41, 5.74) is 0.473. The second-order valence-electron chi connectivity index (χ2n) is 8.16. The van der Waals surface area contributed by atoms with Gasteiger partial charge in [-0.25, -0.2) is 0 Å². The summed E-state index contributed by atoms with van der Waals surface area (Å²) in [6.45, 7) is 10.9. The highest BCUT2D eigenvalue weighted by atomic mass is 16.7. The molecule has 1 unspecified atom stereocenters. The number of nitrogens with one attached hydrogen (secondary N) is 1. The highest BCUT2D eigenvalue weighted by Crippen LogP contribution is 2.35. The fraction of sp³-hybridized carbons (Fsp3) is 1.00. The maximum Gasteiger partial charge on any atom is 0.163 e. The SMILES string of the molecule is CC1(C)OCC(CCNC2CCC(C)(N3CCCC3)CC2)O1. The molecule has 3 aliphatic rings. The van der Waals surface area contributed by atoms with Crippen molar-refractivity contribution in [2.75, 3.05) is 26.2 Å². The molecule has 22 heavy (non-hydrogen) atoms. The van der Waals surface area contributed by atoms with E-state index in [0.717, 1.165) is 19.6 Å². The quantitative estimate of drug-likeness (QED) is 0.846. The Bertz CT molecular complexity index is 358. The monoisotopic (exact) mass is 310 g/mol. The molecule has 4 nitrogen and oxygen atoms in total. The Morgan fingerprint density at radius 2 is 1.77 bits per heavy atom. The number of hydrogen-bond donors (Lipinski definition) is 1. The summed E-state index contributed by atoms with van der Waals surface area (Å²) >= 11 is 0. The van der Waals surface area contributed by atoms with Crippen molar-refractivity contribution in [3.63, 3.8) is 0 Å². The van der Waals surface area contributed by atoms with E-state index >= 15 is 0 Å². The van der Waals surface area contributed by atoms with Crippen LogP contribution in [0.15, 0.2) is 0 Å². The Morgan fingerprint density at radius 1 is 1.09 bits per heavy atom. The first-order chi connectivity index (χ1) is 10.5. The first kappa shape index (κ1) is 16.7. The van der Waals surface area contributed by atoms with E-state index in [1.54, 1.807) is 0 Å². The molecule has 2 heterocycles. The summed E-state index contributed by atoms with van der Waals surface area (Å²) in [7, 11) is 0. The molecule has 1 atom stereocenters. The molecule has 1 aliphatic carbocycles. The largest absolute Gasteiger partial charge is 0.348 e. The van der Waals surface area contributed by atoms with E-state index in [2.05, 4.69) is 17.1 Å². The summed E-state index contributed by atoms with van der Waals surface area (Å²) in [4.78, 5) is 2.75. The van der Waals surface area contributed by atoms with E-state index in [1.807, 2.05) is 13.8 Å². The third-order valence-electron chi connectivity index (χ3n) is 5.90. The van der Waals surface area contributed by atoms with Crippen LogP contribution in [0, 0.1) is 0 Å². The van der Waals surface area contributed by atoms with Crippen LogP contribution in [0.4, 0.5) is 0 Å². The van der Waals surface area contributed by atoms with Gasteiger partial charge < -0.3 is 14.8 Å². The topological polar surface area (TPSA) is 33.7 Å². The van der Waals surface area contributed by atoms with Crippen LogP contribution >= 0.6 is 0 Å². The van der Waals surface area contributed by atoms with E-state index in [9.17, 15) is 0 Å². The van der Waals surface area contributed by atoms with E-state index in [4.69, 9.17) is 9.47 Å². The van der Waals surface area contributed by atoms with Crippen molar-refractivity contribution in [1.29, 1.82) is 0 Å². The van der Waals surface area contributed by atoms with Gasteiger partial charge in [-0.15, -0.1) is 0 Å². The van der Waals surface area contributed by atoms with Gasteiger partial charge in [-0.2, -0.15) is 0 Å². The summed E-state index contributed by atoms with van der Waals surface area (Å²) < 4.78 is 11.5. The third kappa shape index (κ3) is 4.02. The molecule has 0 bridgehead atoms. The van der Waals surface area contributed by atoms with Gasteiger partial charge >= 0.3 is 0 Å². The average molecular weight is 310 g/mol. The Hall–Kier alpha value is -0.160. The van der Waals surface area contributed by atoms with Crippen molar-refractivity contribution >= 4 is 0 Å². The van der Waals surface area contributed by atoms with Gasteiger partial charge in [-0.1, -0.05) is 0 Å². The van der Waals surface area contributed by atoms with E-state index in [0.29, 0.717) is 11.6 Å². The summed E-state index contributed by atoms with van der Waals surface area (Å²) in [5.74, 6) is -0.382. The molecule has 0 aromatic heterocycles. The molecule has 2 aliphatic heterocycles. The third-order valence-corrected chi connectivity index (χ3v) is 5.90. The molecule has 1 saturated carbocycles.